The van der Waals surface area contributed by atoms with Crippen molar-refractivity contribution in [1.29, 1.82) is 0 Å². The van der Waals surface area contributed by atoms with Crippen LogP contribution in [0.5, 0.6) is 0 Å². The van der Waals surface area contributed by atoms with Gasteiger partial charge in [0.05, 0.1) is 11.1 Å². The molecule has 0 aliphatic heterocycles. The van der Waals surface area contributed by atoms with Crippen LogP contribution < -0.4 is 5.56 Å². The van der Waals surface area contributed by atoms with Gasteiger partial charge in [0, 0.05) is 10.6 Å². The number of thiophene rings is 1. The van der Waals surface area contributed by atoms with Crippen molar-refractivity contribution in [2.45, 2.75) is 39.3 Å². The molecule has 0 saturated carbocycles. The van der Waals surface area contributed by atoms with Crippen LogP contribution in [-0.4, -0.2) is 15.3 Å². The molecule has 0 aliphatic rings. The standard InChI is InChI=1S/C18H20N2OS2/c1-5-9-22-18-19-16-15(12(3)13(4)23-16)17(21)20(18)14-8-6-7-11(2)10-14/h6-8,10H,5,9H2,1-4H3. The van der Waals surface area contributed by atoms with Crippen LogP contribution in [-0.2, 0) is 0 Å². The number of fused-ring (bicyclic) bond motifs is 1. The normalized spacial score (nSPS) is 11.3. The van der Waals surface area contributed by atoms with Crippen LogP contribution in [0.3, 0.4) is 0 Å². The fourth-order valence-electron chi connectivity index (χ4n) is 2.56. The van der Waals surface area contributed by atoms with E-state index in [-0.39, 0.29) is 5.56 Å². The van der Waals surface area contributed by atoms with Crippen LogP contribution in [0.4, 0.5) is 0 Å². The molecule has 0 bridgehead atoms. The third-order valence-corrected chi connectivity index (χ3v) is 6.11. The van der Waals surface area contributed by atoms with Gasteiger partial charge >= 0.3 is 0 Å². The Kier molecular flexibility index (Phi) is 4.60. The molecule has 0 spiro atoms. The first kappa shape index (κ1) is 16.3. The van der Waals surface area contributed by atoms with E-state index in [0.29, 0.717) is 0 Å². The average molecular weight is 345 g/mol. The summed E-state index contributed by atoms with van der Waals surface area (Å²) in [6.45, 7) is 8.24. The number of rotatable bonds is 4. The van der Waals surface area contributed by atoms with Gasteiger partial charge in [-0.3, -0.25) is 9.36 Å². The average Bonchev–Trinajstić information content (AvgIpc) is 2.80. The van der Waals surface area contributed by atoms with Gasteiger partial charge in [-0.1, -0.05) is 30.8 Å². The number of aryl methyl sites for hydroxylation is 3. The first-order chi connectivity index (χ1) is 11.0. The first-order valence-corrected chi connectivity index (χ1v) is 9.55. The zero-order valence-corrected chi connectivity index (χ0v) is 15.5. The quantitative estimate of drug-likeness (QED) is 0.500. The molecule has 5 heteroatoms. The van der Waals surface area contributed by atoms with Crippen LogP contribution >= 0.6 is 23.1 Å². The molecule has 0 radical (unpaired) electrons. The summed E-state index contributed by atoms with van der Waals surface area (Å²) in [4.78, 5) is 20.0. The second-order valence-corrected chi connectivity index (χ2v) is 7.95. The lowest BCUT2D eigenvalue weighted by Gasteiger charge is -2.12. The van der Waals surface area contributed by atoms with Gasteiger partial charge in [-0.2, -0.15) is 0 Å². The van der Waals surface area contributed by atoms with E-state index in [1.165, 1.54) is 0 Å². The Morgan fingerprint density at radius 2 is 2.04 bits per heavy atom. The SMILES string of the molecule is CCCSc1nc2sc(C)c(C)c2c(=O)n1-c1cccc(C)c1. The highest BCUT2D eigenvalue weighted by atomic mass is 32.2. The minimum atomic E-state index is 0.0426. The molecule has 0 unspecified atom stereocenters. The molecule has 2 aromatic heterocycles. The van der Waals surface area contributed by atoms with Crippen molar-refractivity contribution in [3.8, 4) is 5.69 Å². The van der Waals surface area contributed by atoms with Crippen LogP contribution in [0.15, 0.2) is 34.2 Å². The van der Waals surface area contributed by atoms with E-state index in [1.54, 1.807) is 27.7 Å². The van der Waals surface area contributed by atoms with Crippen molar-refractivity contribution in [3.05, 3.63) is 50.6 Å². The van der Waals surface area contributed by atoms with Crippen molar-refractivity contribution in [1.82, 2.24) is 9.55 Å². The molecular formula is C18H20N2OS2. The van der Waals surface area contributed by atoms with Gasteiger partial charge in [0.25, 0.3) is 5.56 Å². The van der Waals surface area contributed by atoms with E-state index < -0.39 is 0 Å². The van der Waals surface area contributed by atoms with Crippen LogP contribution in [0.2, 0.25) is 0 Å². The summed E-state index contributed by atoms with van der Waals surface area (Å²) >= 11 is 3.26. The van der Waals surface area contributed by atoms with Gasteiger partial charge in [0.2, 0.25) is 0 Å². The van der Waals surface area contributed by atoms with Crippen molar-refractivity contribution in [2.24, 2.45) is 0 Å². The van der Waals surface area contributed by atoms with Crippen molar-refractivity contribution >= 4 is 33.3 Å². The van der Waals surface area contributed by atoms with Crippen LogP contribution in [0.1, 0.15) is 29.3 Å². The van der Waals surface area contributed by atoms with E-state index in [1.807, 2.05) is 38.1 Å². The molecule has 0 N–H and O–H groups in total. The molecule has 2 heterocycles. The summed E-state index contributed by atoms with van der Waals surface area (Å²) < 4.78 is 1.77. The van der Waals surface area contributed by atoms with Gasteiger partial charge in [0.15, 0.2) is 5.16 Å². The maximum Gasteiger partial charge on any atom is 0.267 e. The topological polar surface area (TPSA) is 34.9 Å². The van der Waals surface area contributed by atoms with Crippen LogP contribution in [0, 0.1) is 20.8 Å². The summed E-state index contributed by atoms with van der Waals surface area (Å²) in [7, 11) is 0. The zero-order chi connectivity index (χ0) is 16.6. The lowest BCUT2D eigenvalue weighted by atomic mass is 10.2. The minimum absolute atomic E-state index is 0.0426. The Balaban J connectivity index is 2.34. The third kappa shape index (κ3) is 2.95. The Morgan fingerprint density at radius 1 is 1.26 bits per heavy atom. The maximum atomic E-state index is 13.2. The lowest BCUT2D eigenvalue weighted by molar-refractivity contribution is 0.820. The Bertz CT molecular complexity index is 925. The van der Waals surface area contributed by atoms with E-state index in [4.69, 9.17) is 4.98 Å². The van der Waals surface area contributed by atoms with Gasteiger partial charge in [0.1, 0.15) is 4.83 Å². The first-order valence-electron chi connectivity index (χ1n) is 7.75. The van der Waals surface area contributed by atoms with Crippen molar-refractivity contribution in [3.63, 3.8) is 0 Å². The smallest absolute Gasteiger partial charge is 0.267 e. The predicted molar refractivity (Wildman–Crippen MR) is 100 cm³/mol. The molecule has 120 valence electrons. The van der Waals surface area contributed by atoms with E-state index >= 15 is 0 Å². The fraction of sp³-hybridized carbons (Fsp3) is 0.333. The zero-order valence-electron chi connectivity index (χ0n) is 13.8. The largest absolute Gasteiger partial charge is 0.268 e. The highest BCUT2D eigenvalue weighted by molar-refractivity contribution is 7.99. The Hall–Kier alpha value is -1.59. The molecule has 3 nitrogen and oxygen atoms in total. The number of hydrogen-bond acceptors (Lipinski definition) is 4. The molecule has 0 atom stereocenters. The number of aromatic nitrogens is 2. The summed E-state index contributed by atoms with van der Waals surface area (Å²) in [6.07, 6.45) is 1.05. The number of benzene rings is 1. The van der Waals surface area contributed by atoms with Gasteiger partial charge in [-0.15, -0.1) is 11.3 Å². The molecule has 0 aliphatic carbocycles. The summed E-state index contributed by atoms with van der Waals surface area (Å²) in [5.41, 5.74) is 3.13. The van der Waals surface area contributed by atoms with Crippen molar-refractivity contribution in [2.75, 3.05) is 5.75 Å². The fourth-order valence-corrected chi connectivity index (χ4v) is 4.50. The molecule has 23 heavy (non-hydrogen) atoms. The molecule has 0 amide bonds. The third-order valence-electron chi connectivity index (χ3n) is 3.87. The molecule has 0 saturated heterocycles. The molecule has 1 aromatic carbocycles. The summed E-state index contributed by atoms with van der Waals surface area (Å²) in [6, 6.07) is 8.05. The second-order valence-electron chi connectivity index (χ2n) is 5.69. The number of nitrogens with zero attached hydrogens (tertiary/aromatic N) is 2. The van der Waals surface area contributed by atoms with Gasteiger partial charge in [-0.25, -0.2) is 4.98 Å². The highest BCUT2D eigenvalue weighted by Crippen LogP contribution is 2.29. The Labute approximate surface area is 144 Å². The predicted octanol–water partition coefficient (Wildman–Crippen LogP) is 4.87. The molecular weight excluding hydrogens is 324 g/mol. The number of hydrogen-bond donors (Lipinski definition) is 0. The van der Waals surface area contributed by atoms with Crippen LogP contribution in [0.25, 0.3) is 15.9 Å². The van der Waals surface area contributed by atoms with Gasteiger partial charge in [-0.05, 0) is 50.5 Å². The molecule has 0 fully saturated rings. The second kappa shape index (κ2) is 6.49. The van der Waals surface area contributed by atoms with E-state index in [2.05, 4.69) is 13.8 Å². The molecule has 3 aromatic rings. The summed E-state index contributed by atoms with van der Waals surface area (Å²) in [5, 5.41) is 1.55. The highest BCUT2D eigenvalue weighted by Gasteiger charge is 2.17. The van der Waals surface area contributed by atoms with Gasteiger partial charge < -0.3 is 0 Å². The van der Waals surface area contributed by atoms with Crippen molar-refractivity contribution < 1.29 is 0 Å². The van der Waals surface area contributed by atoms with E-state index in [9.17, 15) is 4.79 Å². The minimum Gasteiger partial charge on any atom is -0.268 e. The van der Waals surface area contributed by atoms with E-state index in [0.717, 1.165) is 49.2 Å². The monoisotopic (exact) mass is 344 g/mol. The Morgan fingerprint density at radius 3 is 2.74 bits per heavy atom. The maximum absolute atomic E-state index is 13.2. The lowest BCUT2D eigenvalue weighted by Crippen LogP contribution is -2.21. The molecule has 3 rings (SSSR count). The summed E-state index contributed by atoms with van der Waals surface area (Å²) in [5.74, 6) is 0.951. The number of thioether (sulfide) groups is 1.